The molecule has 1 fully saturated rings. The molecular weight excluding hydrogens is 380 g/mol. The van der Waals surface area contributed by atoms with Gasteiger partial charge in [-0.25, -0.2) is 4.79 Å². The van der Waals surface area contributed by atoms with E-state index in [4.69, 9.17) is 5.73 Å². The summed E-state index contributed by atoms with van der Waals surface area (Å²) in [4.78, 5) is 42.7. The molecule has 1 amide bonds. The highest BCUT2D eigenvalue weighted by Gasteiger charge is 2.33. The van der Waals surface area contributed by atoms with E-state index in [-0.39, 0.29) is 30.0 Å². The summed E-state index contributed by atoms with van der Waals surface area (Å²) in [5, 5.41) is 0. The van der Waals surface area contributed by atoms with Crippen molar-refractivity contribution in [3.05, 3.63) is 92.6 Å². The summed E-state index contributed by atoms with van der Waals surface area (Å²) in [5.41, 5.74) is 6.52. The van der Waals surface area contributed by atoms with Crippen LogP contribution >= 0.6 is 0 Å². The van der Waals surface area contributed by atoms with Gasteiger partial charge in [0, 0.05) is 11.6 Å². The van der Waals surface area contributed by atoms with E-state index in [9.17, 15) is 14.4 Å². The first-order valence-electron chi connectivity index (χ1n) is 10.1. The predicted octanol–water partition coefficient (Wildman–Crippen LogP) is 2.76. The maximum Gasteiger partial charge on any atom is 0.330 e. The van der Waals surface area contributed by atoms with E-state index in [0.29, 0.717) is 5.56 Å². The molecule has 3 aromatic rings. The second-order valence-electron chi connectivity index (χ2n) is 7.54. The lowest BCUT2D eigenvalue weighted by Crippen LogP contribution is -2.45. The lowest BCUT2D eigenvalue weighted by Gasteiger charge is -2.30. The molecule has 0 unspecified atom stereocenters. The zero-order chi connectivity index (χ0) is 21.1. The number of nitrogen functional groups attached to an aromatic ring is 1. The van der Waals surface area contributed by atoms with Crippen LogP contribution in [0.1, 0.15) is 41.6 Å². The molecule has 1 heterocycles. The molecule has 154 valence electrons. The van der Waals surface area contributed by atoms with Crippen molar-refractivity contribution in [3.8, 4) is 0 Å². The number of amides is 1. The number of carbonyl (C=O) groups is 1. The van der Waals surface area contributed by atoms with Gasteiger partial charge in [0.15, 0.2) is 5.69 Å². The zero-order valence-electron chi connectivity index (χ0n) is 16.6. The van der Waals surface area contributed by atoms with E-state index < -0.39 is 11.2 Å². The largest absolute Gasteiger partial charge is 0.383 e. The van der Waals surface area contributed by atoms with Gasteiger partial charge in [0.25, 0.3) is 11.5 Å². The highest BCUT2D eigenvalue weighted by molar-refractivity contribution is 6.07. The minimum Gasteiger partial charge on any atom is -0.383 e. The minimum atomic E-state index is -0.641. The SMILES string of the molecule is Nc1c(N(C(=O)c2ccccc2)C2CCCC2)c(=O)[nH]c(=O)n1Cc1ccccc1. The minimum absolute atomic E-state index is 0.00350. The Kier molecular flexibility index (Phi) is 5.52. The Morgan fingerprint density at radius 1 is 1.00 bits per heavy atom. The Morgan fingerprint density at radius 2 is 1.60 bits per heavy atom. The second kappa shape index (κ2) is 8.41. The molecule has 0 bridgehead atoms. The number of nitrogens with two attached hydrogens (primary N) is 1. The van der Waals surface area contributed by atoms with Gasteiger partial charge in [0.2, 0.25) is 0 Å². The normalized spacial score (nSPS) is 14.0. The maximum absolute atomic E-state index is 13.4. The highest BCUT2D eigenvalue weighted by Crippen LogP contribution is 2.30. The number of nitrogens with one attached hydrogen (secondary N) is 1. The van der Waals surface area contributed by atoms with Gasteiger partial charge in [-0.2, -0.15) is 0 Å². The van der Waals surface area contributed by atoms with E-state index in [2.05, 4.69) is 4.98 Å². The van der Waals surface area contributed by atoms with Gasteiger partial charge in [-0.15, -0.1) is 0 Å². The first kappa shape index (κ1) is 19.7. The van der Waals surface area contributed by atoms with E-state index in [0.717, 1.165) is 31.2 Å². The lowest BCUT2D eigenvalue weighted by molar-refractivity contribution is 0.0976. The number of hydrogen-bond acceptors (Lipinski definition) is 4. The van der Waals surface area contributed by atoms with Gasteiger partial charge in [-0.1, -0.05) is 61.4 Å². The van der Waals surface area contributed by atoms with Crippen LogP contribution < -0.4 is 21.9 Å². The van der Waals surface area contributed by atoms with Crippen molar-refractivity contribution in [1.82, 2.24) is 9.55 Å². The molecule has 0 saturated heterocycles. The molecule has 0 spiro atoms. The summed E-state index contributed by atoms with van der Waals surface area (Å²) in [6, 6.07) is 18.1. The Labute approximate surface area is 173 Å². The molecule has 30 heavy (non-hydrogen) atoms. The summed E-state index contributed by atoms with van der Waals surface area (Å²) in [5.74, 6) is -0.284. The molecule has 3 N–H and O–H groups in total. The third-order valence-corrected chi connectivity index (χ3v) is 5.57. The molecule has 1 saturated carbocycles. The number of benzene rings is 2. The summed E-state index contributed by atoms with van der Waals surface area (Å²) < 4.78 is 1.31. The number of nitrogens with zero attached hydrogens (tertiary/aromatic N) is 2. The molecule has 2 aromatic carbocycles. The Morgan fingerprint density at radius 3 is 2.23 bits per heavy atom. The van der Waals surface area contributed by atoms with Crippen LogP contribution in [0, 0.1) is 0 Å². The van der Waals surface area contributed by atoms with Crippen LogP contribution in [-0.4, -0.2) is 21.5 Å². The van der Waals surface area contributed by atoms with Crippen molar-refractivity contribution in [2.45, 2.75) is 38.3 Å². The molecule has 0 radical (unpaired) electrons. The van der Waals surface area contributed by atoms with E-state index in [1.54, 1.807) is 24.3 Å². The van der Waals surface area contributed by atoms with Gasteiger partial charge < -0.3 is 5.73 Å². The molecule has 7 nitrogen and oxygen atoms in total. The van der Waals surface area contributed by atoms with Crippen LogP contribution in [0.2, 0.25) is 0 Å². The van der Waals surface area contributed by atoms with Gasteiger partial charge in [-0.05, 0) is 30.5 Å². The Balaban J connectivity index is 1.84. The van der Waals surface area contributed by atoms with Crippen LogP contribution in [0.4, 0.5) is 11.5 Å². The standard InChI is InChI=1S/C23H24N4O3/c24-20-19(21(28)25-23(30)26(20)15-16-9-3-1-4-10-16)27(18-13-7-8-14-18)22(29)17-11-5-2-6-12-17/h1-6,9-12,18H,7-8,13-15,24H2,(H,25,28,30). The summed E-state index contributed by atoms with van der Waals surface area (Å²) in [7, 11) is 0. The molecule has 7 heteroatoms. The predicted molar refractivity (Wildman–Crippen MR) is 117 cm³/mol. The lowest BCUT2D eigenvalue weighted by atomic mass is 10.1. The number of rotatable bonds is 5. The van der Waals surface area contributed by atoms with Crippen molar-refractivity contribution < 1.29 is 4.79 Å². The molecule has 1 aliphatic rings. The third-order valence-electron chi connectivity index (χ3n) is 5.57. The first-order chi connectivity index (χ1) is 14.6. The number of carbonyl (C=O) groups excluding carboxylic acids is 1. The van der Waals surface area contributed by atoms with Crippen LogP contribution in [-0.2, 0) is 6.54 Å². The van der Waals surface area contributed by atoms with Crippen LogP contribution in [0.25, 0.3) is 0 Å². The van der Waals surface area contributed by atoms with Crippen molar-refractivity contribution in [3.63, 3.8) is 0 Å². The van der Waals surface area contributed by atoms with Crippen LogP contribution in [0.5, 0.6) is 0 Å². The number of aromatic amines is 1. The van der Waals surface area contributed by atoms with Gasteiger partial charge >= 0.3 is 5.69 Å². The van der Waals surface area contributed by atoms with Gasteiger partial charge in [0.1, 0.15) is 5.82 Å². The highest BCUT2D eigenvalue weighted by atomic mass is 16.2. The number of anilines is 2. The second-order valence-corrected chi connectivity index (χ2v) is 7.54. The molecule has 0 aliphatic heterocycles. The van der Waals surface area contributed by atoms with Gasteiger partial charge in [-0.3, -0.25) is 24.0 Å². The molecule has 0 atom stereocenters. The van der Waals surface area contributed by atoms with Crippen molar-refractivity contribution >= 4 is 17.4 Å². The fourth-order valence-electron chi connectivity index (χ4n) is 4.07. The van der Waals surface area contributed by atoms with Crippen LogP contribution in [0.15, 0.2) is 70.3 Å². The average molecular weight is 404 g/mol. The molecular formula is C23H24N4O3. The van der Waals surface area contributed by atoms with Crippen molar-refractivity contribution in [2.75, 3.05) is 10.6 Å². The number of aromatic nitrogens is 2. The first-order valence-corrected chi connectivity index (χ1v) is 10.1. The molecule has 1 aliphatic carbocycles. The monoisotopic (exact) mass is 404 g/mol. The average Bonchev–Trinajstić information content (AvgIpc) is 3.29. The zero-order valence-corrected chi connectivity index (χ0v) is 16.6. The molecule has 4 rings (SSSR count). The number of H-pyrrole nitrogens is 1. The van der Waals surface area contributed by atoms with E-state index in [1.165, 1.54) is 9.47 Å². The summed E-state index contributed by atoms with van der Waals surface area (Å²) >= 11 is 0. The van der Waals surface area contributed by atoms with E-state index in [1.807, 2.05) is 36.4 Å². The van der Waals surface area contributed by atoms with Crippen molar-refractivity contribution in [1.29, 1.82) is 0 Å². The fourth-order valence-corrected chi connectivity index (χ4v) is 4.07. The fraction of sp³-hybridized carbons (Fsp3) is 0.261. The third kappa shape index (κ3) is 3.78. The topological polar surface area (TPSA) is 101 Å². The maximum atomic E-state index is 13.4. The Hall–Kier alpha value is -3.61. The Bertz CT molecular complexity index is 1150. The molecule has 1 aromatic heterocycles. The van der Waals surface area contributed by atoms with Crippen LogP contribution in [0.3, 0.4) is 0 Å². The van der Waals surface area contributed by atoms with Crippen molar-refractivity contribution in [2.24, 2.45) is 0 Å². The smallest absolute Gasteiger partial charge is 0.330 e. The summed E-state index contributed by atoms with van der Waals surface area (Å²) in [6.07, 6.45) is 3.53. The van der Waals surface area contributed by atoms with E-state index >= 15 is 0 Å². The number of hydrogen-bond donors (Lipinski definition) is 2. The summed E-state index contributed by atoms with van der Waals surface area (Å²) in [6.45, 7) is 0.202. The van der Waals surface area contributed by atoms with Gasteiger partial charge in [0.05, 0.1) is 6.54 Å². The quantitative estimate of drug-likeness (QED) is 0.683.